The average molecular weight is 446 g/mol. The lowest BCUT2D eigenvalue weighted by Crippen LogP contribution is -2.33. The molecule has 1 aliphatic heterocycles. The number of nitrogens with one attached hydrogen (secondary N) is 1. The number of nitrogens with zero attached hydrogens (tertiary/aromatic N) is 2. The van der Waals surface area contributed by atoms with Crippen molar-refractivity contribution < 1.29 is 9.53 Å². The Morgan fingerprint density at radius 3 is 2.67 bits per heavy atom. The predicted molar refractivity (Wildman–Crippen MR) is 133 cm³/mol. The van der Waals surface area contributed by atoms with Gasteiger partial charge in [0, 0.05) is 30.2 Å². The maximum Gasteiger partial charge on any atom is 0.256 e. The number of aromatic amines is 1. The number of likely N-dealkylation sites (tertiary alicyclic amines) is 1. The standard InChI is InChI=1S/C28H35N3O2/c1-20-21(2)29-27-25(20)10-7-11-26(27)28(32)31(23-12-13-23)19-22-8-6-9-24(18-22)33-17-16-30-14-4-3-5-15-30/h6-11,18,23,29H,3-5,12-17,19H2,1-2H3. The largest absolute Gasteiger partial charge is 0.492 e. The van der Waals surface area contributed by atoms with E-state index in [0.717, 1.165) is 52.9 Å². The van der Waals surface area contributed by atoms with Crippen molar-refractivity contribution in [2.24, 2.45) is 0 Å². The summed E-state index contributed by atoms with van der Waals surface area (Å²) in [5.41, 5.74) is 5.18. The first kappa shape index (κ1) is 22.0. The van der Waals surface area contributed by atoms with E-state index in [1.807, 2.05) is 29.2 Å². The molecule has 0 atom stereocenters. The molecule has 5 heteroatoms. The van der Waals surface area contributed by atoms with Crippen LogP contribution in [0.4, 0.5) is 0 Å². The maximum absolute atomic E-state index is 13.7. The van der Waals surface area contributed by atoms with Crippen LogP contribution in [0.2, 0.25) is 0 Å². The Balaban J connectivity index is 1.29. The molecule has 174 valence electrons. The number of amides is 1. The number of aryl methyl sites for hydroxylation is 2. The highest BCUT2D eigenvalue weighted by molar-refractivity contribution is 6.06. The fraction of sp³-hybridized carbons (Fsp3) is 0.464. The van der Waals surface area contributed by atoms with E-state index in [4.69, 9.17) is 4.74 Å². The fourth-order valence-corrected chi connectivity index (χ4v) is 4.97. The summed E-state index contributed by atoms with van der Waals surface area (Å²) in [4.78, 5) is 21.6. The zero-order valence-electron chi connectivity index (χ0n) is 19.9. The highest BCUT2D eigenvalue weighted by Gasteiger charge is 2.34. The van der Waals surface area contributed by atoms with Crippen molar-refractivity contribution in [3.63, 3.8) is 0 Å². The van der Waals surface area contributed by atoms with Crippen molar-refractivity contribution >= 4 is 16.8 Å². The van der Waals surface area contributed by atoms with Crippen molar-refractivity contribution in [2.75, 3.05) is 26.2 Å². The molecular weight excluding hydrogens is 410 g/mol. The number of carbonyl (C=O) groups is 1. The molecule has 5 nitrogen and oxygen atoms in total. The van der Waals surface area contributed by atoms with Crippen LogP contribution in [0.1, 0.15) is 59.3 Å². The van der Waals surface area contributed by atoms with Gasteiger partial charge in [-0.2, -0.15) is 0 Å². The van der Waals surface area contributed by atoms with Gasteiger partial charge < -0.3 is 14.6 Å². The molecule has 0 spiro atoms. The molecule has 1 aromatic heterocycles. The second-order valence-corrected chi connectivity index (χ2v) is 9.67. The number of aromatic nitrogens is 1. The number of fused-ring (bicyclic) bond motifs is 1. The lowest BCUT2D eigenvalue weighted by molar-refractivity contribution is 0.0731. The number of hydrogen-bond donors (Lipinski definition) is 1. The average Bonchev–Trinajstić information content (AvgIpc) is 3.63. The first-order valence-corrected chi connectivity index (χ1v) is 12.4. The van der Waals surface area contributed by atoms with Gasteiger partial charge in [0.25, 0.3) is 5.91 Å². The van der Waals surface area contributed by atoms with Gasteiger partial charge in [-0.15, -0.1) is 0 Å². The zero-order valence-corrected chi connectivity index (χ0v) is 19.9. The summed E-state index contributed by atoms with van der Waals surface area (Å²) in [5.74, 6) is 1.01. The molecule has 1 saturated carbocycles. The molecule has 33 heavy (non-hydrogen) atoms. The van der Waals surface area contributed by atoms with Crippen molar-refractivity contribution in [3.05, 3.63) is 64.8 Å². The molecule has 2 fully saturated rings. The monoisotopic (exact) mass is 445 g/mol. The molecule has 2 heterocycles. The van der Waals surface area contributed by atoms with Crippen LogP contribution >= 0.6 is 0 Å². The van der Waals surface area contributed by atoms with Gasteiger partial charge in [0.15, 0.2) is 0 Å². The number of rotatable bonds is 8. The van der Waals surface area contributed by atoms with E-state index >= 15 is 0 Å². The van der Waals surface area contributed by atoms with Gasteiger partial charge in [-0.1, -0.05) is 30.7 Å². The number of piperidine rings is 1. The van der Waals surface area contributed by atoms with E-state index in [1.165, 1.54) is 37.9 Å². The number of ether oxygens (including phenoxy) is 1. The Hall–Kier alpha value is -2.79. The third-order valence-electron chi connectivity index (χ3n) is 7.20. The topological polar surface area (TPSA) is 48.6 Å². The van der Waals surface area contributed by atoms with Crippen LogP contribution in [0.25, 0.3) is 10.9 Å². The quantitative estimate of drug-likeness (QED) is 0.501. The van der Waals surface area contributed by atoms with Crippen molar-refractivity contribution in [1.29, 1.82) is 0 Å². The molecule has 1 N–H and O–H groups in total. The third kappa shape index (κ3) is 4.93. The predicted octanol–water partition coefficient (Wildman–Crippen LogP) is 5.45. The summed E-state index contributed by atoms with van der Waals surface area (Å²) < 4.78 is 6.08. The first-order chi connectivity index (χ1) is 16.1. The molecule has 0 unspecified atom stereocenters. The van der Waals surface area contributed by atoms with E-state index in [2.05, 4.69) is 41.9 Å². The van der Waals surface area contributed by atoms with Crippen LogP contribution in [0.15, 0.2) is 42.5 Å². The molecule has 3 aromatic rings. The number of carbonyl (C=O) groups excluding carboxylic acids is 1. The van der Waals surface area contributed by atoms with Crippen LogP contribution in [0.3, 0.4) is 0 Å². The Labute approximate surface area is 196 Å². The Bertz CT molecular complexity index is 1130. The number of para-hydroxylation sites is 1. The van der Waals surface area contributed by atoms with E-state index in [1.54, 1.807) is 0 Å². The summed E-state index contributed by atoms with van der Waals surface area (Å²) in [6, 6.07) is 14.6. The third-order valence-corrected chi connectivity index (χ3v) is 7.20. The van der Waals surface area contributed by atoms with Crippen molar-refractivity contribution in [2.45, 2.75) is 58.5 Å². The van der Waals surface area contributed by atoms with Crippen molar-refractivity contribution in [3.8, 4) is 5.75 Å². The Morgan fingerprint density at radius 1 is 1.09 bits per heavy atom. The van der Waals surface area contributed by atoms with Gasteiger partial charge in [0.05, 0.1) is 11.1 Å². The normalized spacial score (nSPS) is 16.8. The minimum absolute atomic E-state index is 0.112. The van der Waals surface area contributed by atoms with Crippen LogP contribution in [0, 0.1) is 13.8 Å². The van der Waals surface area contributed by atoms with Crippen LogP contribution in [-0.2, 0) is 6.54 Å². The van der Waals surface area contributed by atoms with E-state index < -0.39 is 0 Å². The summed E-state index contributed by atoms with van der Waals surface area (Å²) in [7, 11) is 0. The SMILES string of the molecule is Cc1[nH]c2c(C(=O)N(Cc3cccc(OCCN4CCCCC4)c3)C3CC3)cccc2c1C. The van der Waals surface area contributed by atoms with Crippen molar-refractivity contribution in [1.82, 2.24) is 14.8 Å². The van der Waals surface area contributed by atoms with E-state index in [9.17, 15) is 4.79 Å². The van der Waals surface area contributed by atoms with Gasteiger partial charge in [0.2, 0.25) is 0 Å². The minimum atomic E-state index is 0.112. The second kappa shape index (κ2) is 9.60. The Morgan fingerprint density at radius 2 is 1.88 bits per heavy atom. The van der Waals surface area contributed by atoms with Crippen LogP contribution in [-0.4, -0.2) is 53.0 Å². The molecule has 0 bridgehead atoms. The Kier molecular flexibility index (Phi) is 6.41. The van der Waals surface area contributed by atoms with E-state index in [0.29, 0.717) is 19.2 Å². The lowest BCUT2D eigenvalue weighted by atomic mass is 10.1. The second-order valence-electron chi connectivity index (χ2n) is 9.67. The molecule has 1 amide bonds. The van der Waals surface area contributed by atoms with Gasteiger partial charge in [-0.25, -0.2) is 0 Å². The summed E-state index contributed by atoms with van der Waals surface area (Å²) in [6.07, 6.45) is 6.12. The molecule has 0 radical (unpaired) electrons. The summed E-state index contributed by atoms with van der Waals surface area (Å²) in [5, 5.41) is 1.14. The summed E-state index contributed by atoms with van der Waals surface area (Å²) >= 11 is 0. The molecular formula is C28H35N3O2. The molecule has 2 aromatic carbocycles. The van der Waals surface area contributed by atoms with Crippen LogP contribution in [0.5, 0.6) is 5.75 Å². The number of benzene rings is 2. The maximum atomic E-state index is 13.7. The molecule has 5 rings (SSSR count). The van der Waals surface area contributed by atoms with E-state index in [-0.39, 0.29) is 5.91 Å². The van der Waals surface area contributed by atoms with Gasteiger partial charge >= 0.3 is 0 Å². The highest BCUT2D eigenvalue weighted by Crippen LogP contribution is 2.32. The molecule has 1 aliphatic carbocycles. The lowest BCUT2D eigenvalue weighted by Gasteiger charge is -2.26. The molecule has 1 saturated heterocycles. The highest BCUT2D eigenvalue weighted by atomic mass is 16.5. The van der Waals surface area contributed by atoms with Gasteiger partial charge in [-0.3, -0.25) is 9.69 Å². The minimum Gasteiger partial charge on any atom is -0.492 e. The number of hydrogen-bond acceptors (Lipinski definition) is 3. The zero-order chi connectivity index (χ0) is 22.8. The smallest absolute Gasteiger partial charge is 0.256 e. The fourth-order valence-electron chi connectivity index (χ4n) is 4.97. The van der Waals surface area contributed by atoms with Crippen LogP contribution < -0.4 is 4.74 Å². The number of H-pyrrole nitrogens is 1. The first-order valence-electron chi connectivity index (χ1n) is 12.4. The molecule has 2 aliphatic rings. The summed E-state index contributed by atoms with van der Waals surface area (Å²) in [6.45, 7) is 8.86. The van der Waals surface area contributed by atoms with Gasteiger partial charge in [0.1, 0.15) is 12.4 Å². The van der Waals surface area contributed by atoms with Gasteiger partial charge in [-0.05, 0) is 81.9 Å².